The van der Waals surface area contributed by atoms with Gasteiger partial charge in [-0.1, -0.05) is 62.2 Å². The average molecular weight is 267 g/mol. The van der Waals surface area contributed by atoms with E-state index in [0.717, 1.165) is 12.3 Å². The van der Waals surface area contributed by atoms with E-state index in [4.69, 9.17) is 5.73 Å². The van der Waals surface area contributed by atoms with Gasteiger partial charge in [0.15, 0.2) is 0 Å². The van der Waals surface area contributed by atoms with Crippen LogP contribution in [-0.2, 0) is 6.42 Å². The third-order valence-corrected chi connectivity index (χ3v) is 5.00. The number of nitrogens with two attached hydrogens (primary N) is 1. The Kier molecular flexibility index (Phi) is 4.07. The van der Waals surface area contributed by atoms with Gasteiger partial charge in [0.25, 0.3) is 0 Å². The fourth-order valence-corrected chi connectivity index (χ4v) is 3.61. The first-order valence-electron chi connectivity index (χ1n) is 7.96. The molecule has 106 valence electrons. The van der Waals surface area contributed by atoms with Crippen molar-refractivity contribution in [2.45, 2.75) is 45.1 Å². The van der Waals surface area contributed by atoms with E-state index in [9.17, 15) is 0 Å². The summed E-state index contributed by atoms with van der Waals surface area (Å²) in [5, 5.41) is 2.70. The molecule has 1 heteroatoms. The molecule has 0 bridgehead atoms. The van der Waals surface area contributed by atoms with Crippen molar-refractivity contribution in [3.8, 4) is 0 Å². The van der Waals surface area contributed by atoms with Crippen LogP contribution in [0.3, 0.4) is 0 Å². The van der Waals surface area contributed by atoms with Crippen LogP contribution >= 0.6 is 0 Å². The zero-order valence-electron chi connectivity index (χ0n) is 12.4. The standard InChI is InChI=1S/C19H25N/c1-14-9-11-16(12-10-14)19(20)13-17-7-4-6-15-5-2-3-8-18(15)17/h2-8,14,16,19H,9-13,20H2,1H3. The van der Waals surface area contributed by atoms with Crippen molar-refractivity contribution in [3.05, 3.63) is 48.0 Å². The lowest BCUT2D eigenvalue weighted by atomic mass is 9.78. The van der Waals surface area contributed by atoms with Crippen molar-refractivity contribution in [2.24, 2.45) is 17.6 Å². The molecule has 1 nitrogen and oxygen atoms in total. The molecule has 2 N–H and O–H groups in total. The summed E-state index contributed by atoms with van der Waals surface area (Å²) in [5.41, 5.74) is 7.93. The highest BCUT2D eigenvalue weighted by Gasteiger charge is 2.23. The quantitative estimate of drug-likeness (QED) is 0.868. The van der Waals surface area contributed by atoms with Gasteiger partial charge in [0.1, 0.15) is 0 Å². The maximum atomic E-state index is 6.52. The molecule has 1 aliphatic rings. The third-order valence-electron chi connectivity index (χ3n) is 5.00. The van der Waals surface area contributed by atoms with E-state index in [1.807, 2.05) is 0 Å². The minimum Gasteiger partial charge on any atom is -0.327 e. The van der Waals surface area contributed by atoms with Crippen LogP contribution < -0.4 is 5.73 Å². The lowest BCUT2D eigenvalue weighted by Gasteiger charge is -2.30. The van der Waals surface area contributed by atoms with Crippen LogP contribution in [0.5, 0.6) is 0 Å². The van der Waals surface area contributed by atoms with Crippen molar-refractivity contribution >= 4 is 10.8 Å². The number of hydrogen-bond acceptors (Lipinski definition) is 1. The first kappa shape index (κ1) is 13.6. The summed E-state index contributed by atoms with van der Waals surface area (Å²) < 4.78 is 0. The zero-order valence-corrected chi connectivity index (χ0v) is 12.4. The van der Waals surface area contributed by atoms with E-state index in [-0.39, 0.29) is 0 Å². The summed E-state index contributed by atoms with van der Waals surface area (Å²) >= 11 is 0. The Morgan fingerprint density at radius 3 is 2.50 bits per heavy atom. The molecule has 1 aliphatic carbocycles. The molecule has 0 aromatic heterocycles. The van der Waals surface area contributed by atoms with E-state index in [1.165, 1.54) is 42.0 Å². The molecule has 1 atom stereocenters. The zero-order chi connectivity index (χ0) is 13.9. The largest absolute Gasteiger partial charge is 0.327 e. The molecule has 20 heavy (non-hydrogen) atoms. The topological polar surface area (TPSA) is 26.0 Å². The highest BCUT2D eigenvalue weighted by atomic mass is 14.6. The second-order valence-electron chi connectivity index (χ2n) is 6.53. The molecule has 0 spiro atoms. The number of hydrogen-bond donors (Lipinski definition) is 1. The molecule has 2 aromatic rings. The van der Waals surface area contributed by atoms with E-state index < -0.39 is 0 Å². The van der Waals surface area contributed by atoms with Crippen LogP contribution in [-0.4, -0.2) is 6.04 Å². The van der Waals surface area contributed by atoms with Gasteiger partial charge in [-0.05, 0) is 47.4 Å². The van der Waals surface area contributed by atoms with Crippen molar-refractivity contribution < 1.29 is 0 Å². The molecular formula is C19H25N. The Bertz CT molecular complexity index is 561. The maximum absolute atomic E-state index is 6.52. The predicted octanol–water partition coefficient (Wildman–Crippen LogP) is 4.54. The Labute approximate surface area is 122 Å². The van der Waals surface area contributed by atoms with Crippen LogP contribution in [0.2, 0.25) is 0 Å². The molecule has 0 amide bonds. The molecule has 1 fully saturated rings. The first-order chi connectivity index (χ1) is 9.74. The van der Waals surface area contributed by atoms with Crippen LogP contribution in [0, 0.1) is 11.8 Å². The fraction of sp³-hybridized carbons (Fsp3) is 0.474. The minimum atomic E-state index is 0.313. The first-order valence-corrected chi connectivity index (χ1v) is 7.96. The minimum absolute atomic E-state index is 0.313. The highest BCUT2D eigenvalue weighted by Crippen LogP contribution is 2.31. The van der Waals surface area contributed by atoms with E-state index in [0.29, 0.717) is 12.0 Å². The van der Waals surface area contributed by atoms with Crippen molar-refractivity contribution in [2.75, 3.05) is 0 Å². The van der Waals surface area contributed by atoms with Gasteiger partial charge in [-0.25, -0.2) is 0 Å². The van der Waals surface area contributed by atoms with Gasteiger partial charge in [0.2, 0.25) is 0 Å². The molecular weight excluding hydrogens is 242 g/mol. The second-order valence-corrected chi connectivity index (χ2v) is 6.53. The summed E-state index contributed by atoms with van der Waals surface area (Å²) in [5.74, 6) is 1.61. The summed E-state index contributed by atoms with van der Waals surface area (Å²) in [7, 11) is 0. The molecule has 0 heterocycles. The summed E-state index contributed by atoms with van der Waals surface area (Å²) in [6, 6.07) is 15.5. The average Bonchev–Trinajstić information content (AvgIpc) is 2.48. The van der Waals surface area contributed by atoms with E-state index in [2.05, 4.69) is 49.4 Å². The Morgan fingerprint density at radius 2 is 1.70 bits per heavy atom. The van der Waals surface area contributed by atoms with Crippen molar-refractivity contribution in [3.63, 3.8) is 0 Å². The monoisotopic (exact) mass is 267 g/mol. The molecule has 1 saturated carbocycles. The Hall–Kier alpha value is -1.34. The highest BCUT2D eigenvalue weighted by molar-refractivity contribution is 5.85. The van der Waals surface area contributed by atoms with Gasteiger partial charge >= 0.3 is 0 Å². The SMILES string of the molecule is CC1CCC(C(N)Cc2cccc3ccccc23)CC1. The summed E-state index contributed by atoms with van der Waals surface area (Å²) in [6.45, 7) is 2.37. The Balaban J connectivity index is 1.76. The van der Waals surface area contributed by atoms with Gasteiger partial charge in [-0.2, -0.15) is 0 Å². The molecule has 1 unspecified atom stereocenters. The van der Waals surface area contributed by atoms with Crippen LogP contribution in [0.4, 0.5) is 0 Å². The molecule has 3 rings (SSSR count). The predicted molar refractivity (Wildman–Crippen MR) is 86.7 cm³/mol. The maximum Gasteiger partial charge on any atom is 0.0108 e. The molecule has 0 aliphatic heterocycles. The smallest absolute Gasteiger partial charge is 0.0108 e. The number of rotatable bonds is 3. The number of benzene rings is 2. The Morgan fingerprint density at radius 1 is 1.00 bits per heavy atom. The van der Waals surface area contributed by atoms with Gasteiger partial charge < -0.3 is 5.73 Å². The van der Waals surface area contributed by atoms with Gasteiger partial charge in [0.05, 0.1) is 0 Å². The van der Waals surface area contributed by atoms with Gasteiger partial charge in [0, 0.05) is 6.04 Å². The van der Waals surface area contributed by atoms with Gasteiger partial charge in [-0.3, -0.25) is 0 Å². The van der Waals surface area contributed by atoms with Crippen LogP contribution in [0.25, 0.3) is 10.8 Å². The second kappa shape index (κ2) is 5.97. The van der Waals surface area contributed by atoms with Crippen LogP contribution in [0.15, 0.2) is 42.5 Å². The fourth-order valence-electron chi connectivity index (χ4n) is 3.61. The molecule has 2 aromatic carbocycles. The lowest BCUT2D eigenvalue weighted by Crippen LogP contribution is -2.34. The van der Waals surface area contributed by atoms with Crippen molar-refractivity contribution in [1.82, 2.24) is 0 Å². The normalized spacial score (nSPS) is 24.7. The third kappa shape index (κ3) is 2.88. The molecule has 0 saturated heterocycles. The van der Waals surface area contributed by atoms with E-state index in [1.54, 1.807) is 0 Å². The number of fused-ring (bicyclic) bond motifs is 1. The summed E-state index contributed by atoms with van der Waals surface area (Å²) in [6.07, 6.45) is 6.35. The van der Waals surface area contributed by atoms with Gasteiger partial charge in [-0.15, -0.1) is 0 Å². The van der Waals surface area contributed by atoms with Crippen LogP contribution in [0.1, 0.15) is 38.2 Å². The van der Waals surface area contributed by atoms with Crippen molar-refractivity contribution in [1.29, 1.82) is 0 Å². The van der Waals surface area contributed by atoms with E-state index >= 15 is 0 Å². The summed E-state index contributed by atoms with van der Waals surface area (Å²) in [4.78, 5) is 0. The molecule has 0 radical (unpaired) electrons. The lowest BCUT2D eigenvalue weighted by molar-refractivity contribution is 0.253.